The van der Waals surface area contributed by atoms with Crippen molar-refractivity contribution in [3.05, 3.63) is 39.9 Å². The SMILES string of the molecule is CN1CCC2CN(C(=O)/C=C/c3cc(Cl)cc(Cl)c3)CC2C1. The summed E-state index contributed by atoms with van der Waals surface area (Å²) >= 11 is 11.9. The Hall–Kier alpha value is -1.03. The maximum absolute atomic E-state index is 12.4. The molecule has 118 valence electrons. The molecule has 3 rings (SSSR count). The Balaban J connectivity index is 1.64. The van der Waals surface area contributed by atoms with Gasteiger partial charge in [-0.2, -0.15) is 0 Å². The van der Waals surface area contributed by atoms with Crippen LogP contribution in [0.2, 0.25) is 10.0 Å². The molecular weight excluding hydrogens is 319 g/mol. The van der Waals surface area contributed by atoms with Crippen molar-refractivity contribution in [3.8, 4) is 0 Å². The number of nitrogens with zero attached hydrogens (tertiary/aromatic N) is 2. The molecule has 22 heavy (non-hydrogen) atoms. The number of halogens is 2. The van der Waals surface area contributed by atoms with Crippen molar-refractivity contribution in [1.29, 1.82) is 0 Å². The molecule has 0 N–H and O–H groups in total. The van der Waals surface area contributed by atoms with E-state index in [2.05, 4.69) is 11.9 Å². The Morgan fingerprint density at radius 3 is 2.55 bits per heavy atom. The highest BCUT2D eigenvalue weighted by Crippen LogP contribution is 2.30. The van der Waals surface area contributed by atoms with Gasteiger partial charge in [-0.3, -0.25) is 4.79 Å². The van der Waals surface area contributed by atoms with Gasteiger partial charge in [0.15, 0.2) is 0 Å². The molecule has 2 saturated heterocycles. The molecule has 0 aromatic heterocycles. The average molecular weight is 339 g/mol. The van der Waals surface area contributed by atoms with Gasteiger partial charge >= 0.3 is 0 Å². The Bertz CT molecular complexity index is 582. The van der Waals surface area contributed by atoms with Crippen molar-refractivity contribution in [3.63, 3.8) is 0 Å². The summed E-state index contributed by atoms with van der Waals surface area (Å²) in [5, 5.41) is 1.16. The minimum absolute atomic E-state index is 0.0770. The molecule has 0 aliphatic carbocycles. The maximum Gasteiger partial charge on any atom is 0.246 e. The van der Waals surface area contributed by atoms with E-state index in [1.807, 2.05) is 4.90 Å². The lowest BCUT2D eigenvalue weighted by Crippen LogP contribution is -2.37. The summed E-state index contributed by atoms with van der Waals surface area (Å²) in [5.41, 5.74) is 0.849. The van der Waals surface area contributed by atoms with Crippen molar-refractivity contribution < 1.29 is 4.79 Å². The molecule has 1 aromatic rings. The van der Waals surface area contributed by atoms with Crippen LogP contribution in [-0.4, -0.2) is 48.9 Å². The predicted molar refractivity (Wildman–Crippen MR) is 91.2 cm³/mol. The van der Waals surface area contributed by atoms with Gasteiger partial charge < -0.3 is 9.80 Å². The standard InChI is InChI=1S/C17H20Cl2N2O/c1-20-5-4-13-10-21(11-14(13)9-20)17(22)3-2-12-6-15(18)8-16(19)7-12/h2-3,6-8,13-14H,4-5,9-11H2,1H3/b3-2+. The fourth-order valence-electron chi connectivity index (χ4n) is 3.47. The molecule has 5 heteroatoms. The molecule has 2 aliphatic heterocycles. The lowest BCUT2D eigenvalue weighted by Gasteiger charge is -2.31. The third-order valence-electron chi connectivity index (χ3n) is 4.62. The summed E-state index contributed by atoms with van der Waals surface area (Å²) in [6, 6.07) is 5.29. The average Bonchev–Trinajstić information content (AvgIpc) is 2.86. The van der Waals surface area contributed by atoms with Gasteiger partial charge in [-0.05, 0) is 61.7 Å². The van der Waals surface area contributed by atoms with Crippen molar-refractivity contribution in [1.82, 2.24) is 9.80 Å². The predicted octanol–water partition coefficient (Wildman–Crippen LogP) is 3.42. The number of rotatable bonds is 2. The summed E-state index contributed by atoms with van der Waals surface area (Å²) < 4.78 is 0. The number of carbonyl (C=O) groups is 1. The quantitative estimate of drug-likeness (QED) is 0.771. The van der Waals surface area contributed by atoms with Crippen LogP contribution < -0.4 is 0 Å². The lowest BCUT2D eigenvalue weighted by molar-refractivity contribution is -0.125. The Morgan fingerprint density at radius 1 is 1.14 bits per heavy atom. The second kappa shape index (κ2) is 6.61. The van der Waals surface area contributed by atoms with Crippen molar-refractivity contribution in [2.45, 2.75) is 6.42 Å². The highest BCUT2D eigenvalue weighted by atomic mass is 35.5. The van der Waals surface area contributed by atoms with Gasteiger partial charge in [0, 0.05) is 35.8 Å². The van der Waals surface area contributed by atoms with Crippen LogP contribution in [0.25, 0.3) is 6.08 Å². The van der Waals surface area contributed by atoms with Gasteiger partial charge in [0.2, 0.25) is 5.91 Å². The van der Waals surface area contributed by atoms with Crippen LogP contribution in [-0.2, 0) is 4.79 Å². The molecule has 2 unspecified atom stereocenters. The summed E-state index contributed by atoms with van der Waals surface area (Å²) in [7, 11) is 2.16. The molecule has 2 atom stereocenters. The zero-order chi connectivity index (χ0) is 15.7. The van der Waals surface area contributed by atoms with Crippen molar-refractivity contribution >= 4 is 35.2 Å². The second-order valence-corrected chi connectivity index (χ2v) is 7.22. The molecular formula is C17H20Cl2N2O. The Morgan fingerprint density at radius 2 is 1.82 bits per heavy atom. The van der Waals surface area contributed by atoms with E-state index in [9.17, 15) is 4.79 Å². The van der Waals surface area contributed by atoms with Crippen LogP contribution in [0.1, 0.15) is 12.0 Å². The van der Waals surface area contributed by atoms with E-state index >= 15 is 0 Å². The van der Waals surface area contributed by atoms with E-state index in [4.69, 9.17) is 23.2 Å². The van der Waals surface area contributed by atoms with Gasteiger partial charge in [0.1, 0.15) is 0 Å². The smallest absolute Gasteiger partial charge is 0.246 e. The van der Waals surface area contributed by atoms with Crippen LogP contribution in [0, 0.1) is 11.8 Å². The maximum atomic E-state index is 12.4. The number of likely N-dealkylation sites (tertiary alicyclic amines) is 2. The van der Waals surface area contributed by atoms with Crippen LogP contribution >= 0.6 is 23.2 Å². The molecule has 3 nitrogen and oxygen atoms in total. The van der Waals surface area contributed by atoms with Crippen molar-refractivity contribution in [2.24, 2.45) is 11.8 Å². The molecule has 0 radical (unpaired) electrons. The molecule has 2 heterocycles. The second-order valence-electron chi connectivity index (χ2n) is 6.35. The van der Waals surface area contributed by atoms with Gasteiger partial charge in [0.25, 0.3) is 0 Å². The van der Waals surface area contributed by atoms with Crippen LogP contribution in [0.3, 0.4) is 0 Å². The fraction of sp³-hybridized carbons (Fsp3) is 0.471. The number of fused-ring (bicyclic) bond motifs is 1. The third-order valence-corrected chi connectivity index (χ3v) is 5.06. The zero-order valence-electron chi connectivity index (χ0n) is 12.6. The van der Waals surface area contributed by atoms with Gasteiger partial charge in [-0.15, -0.1) is 0 Å². The van der Waals surface area contributed by atoms with E-state index in [0.29, 0.717) is 21.9 Å². The van der Waals surface area contributed by atoms with E-state index < -0.39 is 0 Å². The number of benzene rings is 1. The Kier molecular flexibility index (Phi) is 4.76. The van der Waals surface area contributed by atoms with E-state index in [1.165, 1.54) is 6.42 Å². The van der Waals surface area contributed by atoms with Crippen LogP contribution in [0.5, 0.6) is 0 Å². The molecule has 0 spiro atoms. The first kappa shape index (κ1) is 15.9. The topological polar surface area (TPSA) is 23.6 Å². The first-order chi connectivity index (χ1) is 10.5. The first-order valence-electron chi connectivity index (χ1n) is 7.63. The zero-order valence-corrected chi connectivity index (χ0v) is 14.1. The minimum atomic E-state index is 0.0770. The largest absolute Gasteiger partial charge is 0.339 e. The minimum Gasteiger partial charge on any atom is -0.339 e. The van der Waals surface area contributed by atoms with Crippen molar-refractivity contribution in [2.75, 3.05) is 33.2 Å². The molecule has 2 fully saturated rings. The summed E-state index contributed by atoms with van der Waals surface area (Å²) in [5.74, 6) is 1.36. The van der Waals surface area contributed by atoms with Gasteiger partial charge in [-0.25, -0.2) is 0 Å². The number of amides is 1. The summed E-state index contributed by atoms with van der Waals surface area (Å²) in [6.45, 7) is 3.99. The number of hydrogen-bond donors (Lipinski definition) is 0. The van der Waals surface area contributed by atoms with Gasteiger partial charge in [-0.1, -0.05) is 23.2 Å². The Labute approximate surface area is 141 Å². The monoisotopic (exact) mass is 338 g/mol. The highest BCUT2D eigenvalue weighted by Gasteiger charge is 2.37. The number of carbonyl (C=O) groups excluding carboxylic acids is 1. The van der Waals surface area contributed by atoms with Gasteiger partial charge in [0.05, 0.1) is 0 Å². The van der Waals surface area contributed by atoms with E-state index in [-0.39, 0.29) is 5.91 Å². The van der Waals surface area contributed by atoms with E-state index in [0.717, 1.165) is 31.7 Å². The fourth-order valence-corrected chi connectivity index (χ4v) is 4.02. The molecule has 0 saturated carbocycles. The molecule has 0 bridgehead atoms. The summed E-state index contributed by atoms with van der Waals surface area (Å²) in [6.07, 6.45) is 4.61. The summed E-state index contributed by atoms with van der Waals surface area (Å²) in [4.78, 5) is 16.7. The first-order valence-corrected chi connectivity index (χ1v) is 8.38. The lowest BCUT2D eigenvalue weighted by atomic mass is 9.89. The third kappa shape index (κ3) is 3.65. The number of hydrogen-bond acceptors (Lipinski definition) is 2. The van der Waals surface area contributed by atoms with Crippen LogP contribution in [0.4, 0.5) is 0 Å². The highest BCUT2D eigenvalue weighted by molar-refractivity contribution is 6.34. The molecule has 2 aliphatic rings. The number of piperidine rings is 1. The van der Waals surface area contributed by atoms with E-state index in [1.54, 1.807) is 30.4 Å². The van der Waals surface area contributed by atoms with Crippen LogP contribution in [0.15, 0.2) is 24.3 Å². The normalized spacial score (nSPS) is 25.7. The molecule has 1 amide bonds. The molecule has 1 aromatic carbocycles.